The highest BCUT2D eigenvalue weighted by atomic mass is 16.1. The minimum Gasteiger partial charge on any atom is -0.354 e. The van der Waals surface area contributed by atoms with Crippen LogP contribution in [0.15, 0.2) is 66.9 Å². The molecule has 1 amide bonds. The first-order valence-corrected chi connectivity index (χ1v) is 7.78. The van der Waals surface area contributed by atoms with E-state index >= 15 is 0 Å². The van der Waals surface area contributed by atoms with Crippen molar-refractivity contribution < 1.29 is 4.79 Å². The normalized spacial score (nSPS) is 10.2. The first-order chi connectivity index (χ1) is 11.6. The van der Waals surface area contributed by atoms with E-state index in [0.29, 0.717) is 5.69 Å². The van der Waals surface area contributed by atoms with E-state index in [9.17, 15) is 4.79 Å². The number of nitrogens with one attached hydrogen (secondary N) is 2. The summed E-state index contributed by atoms with van der Waals surface area (Å²) in [6, 6.07) is 19.4. The van der Waals surface area contributed by atoms with Gasteiger partial charge in [0.05, 0.1) is 11.9 Å². The Hall–Kier alpha value is -3.14. The monoisotopic (exact) mass is 317 g/mol. The Labute approximate surface area is 141 Å². The number of carbonyl (C=O) groups excluding carboxylic acids is 1. The molecule has 2 aromatic carbocycles. The minimum atomic E-state index is -0.213. The SMILES string of the molecule is Cc1ccc(C)c(NC(=O)c2ccc(Nc3ccccc3)cn2)c1. The quantitative estimate of drug-likeness (QED) is 0.733. The summed E-state index contributed by atoms with van der Waals surface area (Å²) in [5.74, 6) is -0.213. The average molecular weight is 317 g/mol. The summed E-state index contributed by atoms with van der Waals surface area (Å²) < 4.78 is 0. The lowest BCUT2D eigenvalue weighted by Gasteiger charge is -2.10. The molecular weight excluding hydrogens is 298 g/mol. The predicted octanol–water partition coefficient (Wildman–Crippen LogP) is 4.69. The van der Waals surface area contributed by atoms with Crippen molar-refractivity contribution in [3.05, 3.63) is 83.7 Å². The van der Waals surface area contributed by atoms with Crippen molar-refractivity contribution in [2.75, 3.05) is 10.6 Å². The maximum absolute atomic E-state index is 12.4. The van der Waals surface area contributed by atoms with E-state index in [1.54, 1.807) is 12.3 Å². The number of para-hydroxylation sites is 1. The Bertz CT molecular complexity index is 843. The van der Waals surface area contributed by atoms with Crippen molar-refractivity contribution in [1.29, 1.82) is 0 Å². The minimum absolute atomic E-state index is 0.213. The Morgan fingerprint density at radius 1 is 0.917 bits per heavy atom. The molecule has 0 saturated heterocycles. The fraction of sp³-hybridized carbons (Fsp3) is 0.100. The van der Waals surface area contributed by atoms with Gasteiger partial charge in [0.1, 0.15) is 5.69 Å². The molecule has 4 heteroatoms. The van der Waals surface area contributed by atoms with Crippen molar-refractivity contribution in [1.82, 2.24) is 4.98 Å². The van der Waals surface area contributed by atoms with Crippen LogP contribution in [-0.2, 0) is 0 Å². The van der Waals surface area contributed by atoms with E-state index < -0.39 is 0 Å². The zero-order valence-corrected chi connectivity index (χ0v) is 13.7. The molecule has 0 unspecified atom stereocenters. The molecule has 0 atom stereocenters. The van der Waals surface area contributed by atoms with Gasteiger partial charge in [0, 0.05) is 11.4 Å². The molecule has 0 bridgehead atoms. The fourth-order valence-corrected chi connectivity index (χ4v) is 2.35. The van der Waals surface area contributed by atoms with Crippen molar-refractivity contribution in [2.24, 2.45) is 0 Å². The van der Waals surface area contributed by atoms with Crippen molar-refractivity contribution >= 4 is 23.0 Å². The maximum atomic E-state index is 12.4. The Morgan fingerprint density at radius 2 is 1.71 bits per heavy atom. The third-order valence-corrected chi connectivity index (χ3v) is 3.70. The summed E-state index contributed by atoms with van der Waals surface area (Å²) in [7, 11) is 0. The predicted molar refractivity (Wildman–Crippen MR) is 97.8 cm³/mol. The summed E-state index contributed by atoms with van der Waals surface area (Å²) >= 11 is 0. The van der Waals surface area contributed by atoms with Gasteiger partial charge in [0.2, 0.25) is 0 Å². The smallest absolute Gasteiger partial charge is 0.274 e. The van der Waals surface area contributed by atoms with E-state index in [1.807, 2.05) is 68.4 Å². The molecule has 3 aromatic rings. The van der Waals surface area contributed by atoms with Gasteiger partial charge in [-0.3, -0.25) is 4.79 Å². The number of aryl methyl sites for hydroxylation is 2. The zero-order valence-electron chi connectivity index (χ0n) is 13.7. The summed E-state index contributed by atoms with van der Waals surface area (Å²) in [5.41, 5.74) is 5.14. The van der Waals surface area contributed by atoms with Crippen LogP contribution in [-0.4, -0.2) is 10.9 Å². The molecule has 0 radical (unpaired) electrons. The molecular formula is C20H19N3O. The van der Waals surface area contributed by atoms with Crippen LogP contribution in [0.1, 0.15) is 21.6 Å². The largest absolute Gasteiger partial charge is 0.354 e. The van der Waals surface area contributed by atoms with Gasteiger partial charge in [-0.05, 0) is 55.3 Å². The van der Waals surface area contributed by atoms with Crippen LogP contribution in [0.3, 0.4) is 0 Å². The van der Waals surface area contributed by atoms with Gasteiger partial charge in [0.25, 0.3) is 5.91 Å². The highest BCUT2D eigenvalue weighted by Crippen LogP contribution is 2.18. The van der Waals surface area contributed by atoms with Crippen LogP contribution >= 0.6 is 0 Å². The lowest BCUT2D eigenvalue weighted by atomic mass is 10.1. The number of carbonyl (C=O) groups is 1. The van der Waals surface area contributed by atoms with E-state index in [1.165, 1.54) is 0 Å². The van der Waals surface area contributed by atoms with Gasteiger partial charge in [-0.25, -0.2) is 4.98 Å². The van der Waals surface area contributed by atoms with E-state index in [-0.39, 0.29) is 5.91 Å². The van der Waals surface area contributed by atoms with Gasteiger partial charge < -0.3 is 10.6 Å². The summed E-state index contributed by atoms with van der Waals surface area (Å²) in [6.07, 6.45) is 1.66. The van der Waals surface area contributed by atoms with Crippen molar-refractivity contribution in [3.63, 3.8) is 0 Å². The number of amides is 1. The van der Waals surface area contributed by atoms with Gasteiger partial charge in [0.15, 0.2) is 0 Å². The number of hydrogen-bond acceptors (Lipinski definition) is 3. The van der Waals surface area contributed by atoms with E-state index in [0.717, 1.165) is 28.2 Å². The van der Waals surface area contributed by atoms with Gasteiger partial charge >= 0.3 is 0 Å². The van der Waals surface area contributed by atoms with E-state index in [4.69, 9.17) is 0 Å². The van der Waals surface area contributed by atoms with Crippen LogP contribution in [0.5, 0.6) is 0 Å². The van der Waals surface area contributed by atoms with Crippen molar-refractivity contribution in [3.8, 4) is 0 Å². The Kier molecular flexibility index (Phi) is 4.57. The molecule has 0 saturated carbocycles. The lowest BCUT2D eigenvalue weighted by Crippen LogP contribution is -2.14. The fourth-order valence-electron chi connectivity index (χ4n) is 2.35. The molecule has 0 spiro atoms. The average Bonchev–Trinajstić information content (AvgIpc) is 2.60. The standard InChI is InChI=1S/C20H19N3O/c1-14-8-9-15(2)19(12-14)23-20(24)18-11-10-17(13-21-18)22-16-6-4-3-5-7-16/h3-13,22H,1-2H3,(H,23,24). The molecule has 0 fully saturated rings. The molecule has 3 rings (SSSR count). The topological polar surface area (TPSA) is 54.0 Å². The van der Waals surface area contributed by atoms with Gasteiger partial charge in [-0.2, -0.15) is 0 Å². The number of rotatable bonds is 4. The first-order valence-electron chi connectivity index (χ1n) is 7.78. The van der Waals surface area contributed by atoms with Crippen LogP contribution in [0.2, 0.25) is 0 Å². The Balaban J connectivity index is 1.71. The van der Waals surface area contributed by atoms with E-state index in [2.05, 4.69) is 15.6 Å². The summed E-state index contributed by atoms with van der Waals surface area (Å²) in [4.78, 5) is 16.6. The Morgan fingerprint density at radius 3 is 2.42 bits per heavy atom. The second-order valence-corrected chi connectivity index (χ2v) is 5.70. The first kappa shape index (κ1) is 15.7. The molecule has 120 valence electrons. The van der Waals surface area contributed by atoms with Crippen LogP contribution in [0.25, 0.3) is 0 Å². The third-order valence-electron chi connectivity index (χ3n) is 3.70. The number of aromatic nitrogens is 1. The van der Waals surface area contributed by atoms with Crippen LogP contribution in [0.4, 0.5) is 17.1 Å². The number of hydrogen-bond donors (Lipinski definition) is 2. The molecule has 0 aliphatic rings. The van der Waals surface area contributed by atoms with Crippen molar-refractivity contribution in [2.45, 2.75) is 13.8 Å². The van der Waals surface area contributed by atoms with Crippen LogP contribution < -0.4 is 10.6 Å². The van der Waals surface area contributed by atoms with Crippen LogP contribution in [0, 0.1) is 13.8 Å². The van der Waals surface area contributed by atoms with Gasteiger partial charge in [-0.1, -0.05) is 30.3 Å². The second-order valence-electron chi connectivity index (χ2n) is 5.70. The maximum Gasteiger partial charge on any atom is 0.274 e. The highest BCUT2D eigenvalue weighted by Gasteiger charge is 2.09. The summed E-state index contributed by atoms with van der Waals surface area (Å²) in [6.45, 7) is 3.97. The number of anilines is 3. The molecule has 4 nitrogen and oxygen atoms in total. The summed E-state index contributed by atoms with van der Waals surface area (Å²) in [5, 5.41) is 6.16. The third kappa shape index (κ3) is 3.79. The molecule has 2 N–H and O–H groups in total. The molecule has 1 aromatic heterocycles. The van der Waals surface area contributed by atoms with Gasteiger partial charge in [-0.15, -0.1) is 0 Å². The second kappa shape index (κ2) is 6.96. The highest BCUT2D eigenvalue weighted by molar-refractivity contribution is 6.03. The number of pyridine rings is 1. The lowest BCUT2D eigenvalue weighted by molar-refractivity contribution is 0.102. The molecule has 1 heterocycles. The number of benzene rings is 2. The molecule has 0 aliphatic heterocycles. The zero-order chi connectivity index (χ0) is 16.9. The number of nitrogens with zero attached hydrogens (tertiary/aromatic N) is 1. The molecule has 24 heavy (non-hydrogen) atoms. The molecule has 0 aliphatic carbocycles.